The van der Waals surface area contributed by atoms with Gasteiger partial charge in [0.2, 0.25) is 5.91 Å². The quantitative estimate of drug-likeness (QED) is 0.574. The third kappa shape index (κ3) is 4.91. The number of nitrogens with one attached hydrogen (secondary N) is 2. The van der Waals surface area contributed by atoms with E-state index in [4.69, 9.17) is 0 Å². The summed E-state index contributed by atoms with van der Waals surface area (Å²) in [6, 6.07) is 18.7. The van der Waals surface area contributed by atoms with Crippen molar-refractivity contribution in [2.75, 3.05) is 11.3 Å². The average molecular weight is 441 g/mol. The molecule has 1 aromatic heterocycles. The molecule has 5 nitrogen and oxygen atoms in total. The van der Waals surface area contributed by atoms with E-state index in [2.05, 4.69) is 34.3 Å². The molecule has 0 aliphatic heterocycles. The lowest BCUT2D eigenvalue weighted by Crippen LogP contribution is -2.31. The minimum absolute atomic E-state index is 0.0232. The molecule has 0 radical (unpaired) electrons. The maximum absolute atomic E-state index is 12.4. The molecule has 156 valence electrons. The Balaban J connectivity index is 1.31. The number of thiophene rings is 1. The summed E-state index contributed by atoms with van der Waals surface area (Å²) >= 11 is 1.17. The molecular formula is C23H24N2O3S2. The predicted molar refractivity (Wildman–Crippen MR) is 120 cm³/mol. The predicted octanol–water partition coefficient (Wildman–Crippen LogP) is 4.33. The number of anilines is 1. The van der Waals surface area contributed by atoms with Gasteiger partial charge in [0.1, 0.15) is 4.21 Å². The summed E-state index contributed by atoms with van der Waals surface area (Å²) in [5.41, 5.74) is 4.07. The summed E-state index contributed by atoms with van der Waals surface area (Å²) in [5.74, 6) is 0.345. The lowest BCUT2D eigenvalue weighted by atomic mass is 9.83. The molecule has 1 atom stereocenters. The first-order valence-electron chi connectivity index (χ1n) is 10.0. The lowest BCUT2D eigenvalue weighted by Gasteiger charge is -2.25. The molecule has 7 heteroatoms. The minimum Gasteiger partial charge on any atom is -0.355 e. The number of benzene rings is 2. The third-order valence-electron chi connectivity index (χ3n) is 5.37. The first-order valence-corrected chi connectivity index (χ1v) is 12.4. The second kappa shape index (κ2) is 9.02. The topological polar surface area (TPSA) is 75.3 Å². The van der Waals surface area contributed by atoms with Crippen LogP contribution in [0.15, 0.2) is 70.3 Å². The van der Waals surface area contributed by atoms with E-state index in [9.17, 15) is 13.2 Å². The van der Waals surface area contributed by atoms with Crippen LogP contribution in [0.4, 0.5) is 5.69 Å². The number of sulfonamides is 1. The lowest BCUT2D eigenvalue weighted by molar-refractivity contribution is -0.120. The molecule has 0 fully saturated rings. The number of carbonyl (C=O) groups is 1. The zero-order valence-electron chi connectivity index (χ0n) is 16.5. The number of carbonyl (C=O) groups excluding carboxylic acids is 1. The Labute approximate surface area is 181 Å². The smallest absolute Gasteiger partial charge is 0.271 e. The Morgan fingerprint density at radius 3 is 2.60 bits per heavy atom. The Bertz CT molecular complexity index is 1110. The molecule has 1 aliphatic carbocycles. The first kappa shape index (κ1) is 20.6. The standard InChI is InChI=1S/C23H24N2O3S2/c26-22(24-16-19-7-3-6-18-5-1-2-8-21(18)19)15-17-10-12-20(13-11-17)25-30(27,28)23-9-4-14-29-23/h1-2,4-5,8-14,19,25H,3,6-7,15-16H2,(H,24,26). The van der Waals surface area contributed by atoms with Crippen molar-refractivity contribution in [2.24, 2.45) is 0 Å². The average Bonchev–Trinajstić information content (AvgIpc) is 3.29. The normalized spacial score (nSPS) is 15.9. The van der Waals surface area contributed by atoms with Crippen molar-refractivity contribution in [3.8, 4) is 0 Å². The molecule has 2 N–H and O–H groups in total. The molecule has 0 saturated heterocycles. The molecule has 1 amide bonds. The number of rotatable bonds is 7. The number of amides is 1. The highest BCUT2D eigenvalue weighted by molar-refractivity contribution is 7.94. The second-order valence-corrected chi connectivity index (χ2v) is 10.4. The van der Waals surface area contributed by atoms with Crippen LogP contribution in [0.1, 0.15) is 35.4 Å². The zero-order chi connectivity index (χ0) is 21.0. The number of aryl methyl sites for hydroxylation is 1. The van der Waals surface area contributed by atoms with Gasteiger partial charge in [-0.25, -0.2) is 8.42 Å². The summed E-state index contributed by atoms with van der Waals surface area (Å²) in [7, 11) is -3.56. The molecule has 1 heterocycles. The van der Waals surface area contributed by atoms with E-state index in [0.29, 0.717) is 18.2 Å². The maximum Gasteiger partial charge on any atom is 0.271 e. The number of hydrogen-bond donors (Lipinski definition) is 2. The maximum atomic E-state index is 12.4. The van der Waals surface area contributed by atoms with Crippen LogP contribution in [0.2, 0.25) is 0 Å². The first-order chi connectivity index (χ1) is 14.5. The van der Waals surface area contributed by atoms with Crippen LogP contribution in [-0.2, 0) is 27.7 Å². The van der Waals surface area contributed by atoms with E-state index < -0.39 is 10.0 Å². The van der Waals surface area contributed by atoms with Crippen molar-refractivity contribution in [3.63, 3.8) is 0 Å². The highest BCUT2D eigenvalue weighted by atomic mass is 32.2. The van der Waals surface area contributed by atoms with Gasteiger partial charge >= 0.3 is 0 Å². The highest BCUT2D eigenvalue weighted by Gasteiger charge is 2.20. The molecular weight excluding hydrogens is 416 g/mol. The minimum atomic E-state index is -3.56. The third-order valence-corrected chi connectivity index (χ3v) is 8.15. The van der Waals surface area contributed by atoms with Gasteiger partial charge in [-0.15, -0.1) is 11.3 Å². The van der Waals surface area contributed by atoms with E-state index in [1.54, 1.807) is 41.8 Å². The number of hydrogen-bond acceptors (Lipinski definition) is 4. The molecule has 0 saturated carbocycles. The Morgan fingerprint density at radius 2 is 1.83 bits per heavy atom. The van der Waals surface area contributed by atoms with Crippen molar-refractivity contribution >= 4 is 33.0 Å². The van der Waals surface area contributed by atoms with E-state index >= 15 is 0 Å². The van der Waals surface area contributed by atoms with Crippen molar-refractivity contribution < 1.29 is 13.2 Å². The highest BCUT2D eigenvalue weighted by Crippen LogP contribution is 2.30. The van der Waals surface area contributed by atoms with E-state index in [1.807, 2.05) is 0 Å². The SMILES string of the molecule is O=C(Cc1ccc(NS(=O)(=O)c2cccs2)cc1)NCC1CCCc2ccccc21. The molecule has 30 heavy (non-hydrogen) atoms. The summed E-state index contributed by atoms with van der Waals surface area (Å²) in [6.45, 7) is 0.647. The van der Waals surface area contributed by atoms with Gasteiger partial charge in [0.15, 0.2) is 0 Å². The van der Waals surface area contributed by atoms with Crippen molar-refractivity contribution in [3.05, 3.63) is 82.7 Å². The van der Waals surface area contributed by atoms with Crippen molar-refractivity contribution in [2.45, 2.75) is 35.8 Å². The van der Waals surface area contributed by atoms with E-state index in [-0.39, 0.29) is 16.5 Å². The summed E-state index contributed by atoms with van der Waals surface area (Å²) in [6.07, 6.45) is 3.63. The monoisotopic (exact) mass is 440 g/mol. The van der Waals surface area contributed by atoms with E-state index in [1.165, 1.54) is 22.5 Å². The Hall–Kier alpha value is -2.64. The van der Waals surface area contributed by atoms with Crippen LogP contribution < -0.4 is 10.0 Å². The van der Waals surface area contributed by atoms with Gasteiger partial charge in [0, 0.05) is 18.2 Å². The van der Waals surface area contributed by atoms with Gasteiger partial charge in [0.05, 0.1) is 6.42 Å². The Morgan fingerprint density at radius 1 is 1.03 bits per heavy atom. The zero-order valence-corrected chi connectivity index (χ0v) is 18.1. The van der Waals surface area contributed by atoms with Crippen LogP contribution in [-0.4, -0.2) is 20.9 Å². The van der Waals surface area contributed by atoms with Crippen molar-refractivity contribution in [1.29, 1.82) is 0 Å². The van der Waals surface area contributed by atoms with Crippen LogP contribution in [0.5, 0.6) is 0 Å². The van der Waals surface area contributed by atoms with Crippen molar-refractivity contribution in [1.82, 2.24) is 5.32 Å². The fraction of sp³-hybridized carbons (Fsp3) is 0.261. The van der Waals surface area contributed by atoms with Crippen LogP contribution >= 0.6 is 11.3 Å². The van der Waals surface area contributed by atoms with Gasteiger partial charge in [-0.2, -0.15) is 0 Å². The summed E-state index contributed by atoms with van der Waals surface area (Å²) in [5, 5.41) is 4.79. The fourth-order valence-electron chi connectivity index (χ4n) is 3.86. The van der Waals surface area contributed by atoms with Crippen LogP contribution in [0.25, 0.3) is 0 Å². The van der Waals surface area contributed by atoms with Gasteiger partial charge in [-0.3, -0.25) is 9.52 Å². The fourth-order valence-corrected chi connectivity index (χ4v) is 5.92. The molecule has 1 unspecified atom stereocenters. The van der Waals surface area contributed by atoms with Gasteiger partial charge in [-0.05, 0) is 59.5 Å². The number of fused-ring (bicyclic) bond motifs is 1. The molecule has 4 rings (SSSR count). The summed E-state index contributed by atoms with van der Waals surface area (Å²) in [4.78, 5) is 12.4. The molecule has 3 aromatic rings. The van der Waals surface area contributed by atoms with Gasteiger partial charge in [0.25, 0.3) is 10.0 Å². The van der Waals surface area contributed by atoms with Crippen LogP contribution in [0, 0.1) is 0 Å². The van der Waals surface area contributed by atoms with Gasteiger partial charge < -0.3 is 5.32 Å². The molecule has 0 bridgehead atoms. The van der Waals surface area contributed by atoms with Gasteiger partial charge in [-0.1, -0.05) is 42.5 Å². The summed E-state index contributed by atoms with van der Waals surface area (Å²) < 4.78 is 27.4. The van der Waals surface area contributed by atoms with Crippen LogP contribution in [0.3, 0.4) is 0 Å². The molecule has 1 aliphatic rings. The second-order valence-electron chi connectivity index (χ2n) is 7.50. The molecule has 2 aromatic carbocycles. The van der Waals surface area contributed by atoms with E-state index in [0.717, 1.165) is 24.8 Å². The Kier molecular flexibility index (Phi) is 6.20. The molecule has 0 spiro atoms. The largest absolute Gasteiger partial charge is 0.355 e.